The molecule has 0 saturated heterocycles. The predicted octanol–water partition coefficient (Wildman–Crippen LogP) is 7.04. The summed E-state index contributed by atoms with van der Waals surface area (Å²) < 4.78 is 0. The molecule has 20 heavy (non-hydrogen) atoms. The molecule has 0 N–H and O–H groups in total. The molecule has 0 heterocycles. The largest absolute Gasteiger partial charge is 0.0651 e. The summed E-state index contributed by atoms with van der Waals surface area (Å²) in [5.74, 6) is 5.97. The van der Waals surface area contributed by atoms with Gasteiger partial charge in [-0.3, -0.25) is 0 Å². The lowest BCUT2D eigenvalue weighted by atomic mass is 9.70. The van der Waals surface area contributed by atoms with Crippen molar-refractivity contribution in [2.45, 2.75) is 88.0 Å². The van der Waals surface area contributed by atoms with Crippen LogP contribution in [0.25, 0.3) is 0 Å². The van der Waals surface area contributed by atoms with Gasteiger partial charge in [-0.1, -0.05) is 88.0 Å². The molecule has 5 unspecified atom stereocenters. The van der Waals surface area contributed by atoms with Gasteiger partial charge in [0.15, 0.2) is 0 Å². The van der Waals surface area contributed by atoms with Crippen LogP contribution < -0.4 is 0 Å². The van der Waals surface area contributed by atoms with Crippen LogP contribution >= 0.6 is 0 Å². The van der Waals surface area contributed by atoms with Crippen LogP contribution in [0.2, 0.25) is 0 Å². The van der Waals surface area contributed by atoms with E-state index in [1.807, 2.05) is 0 Å². The second-order valence-corrected chi connectivity index (χ2v) is 7.92. The molecule has 0 fully saturated rings. The van der Waals surface area contributed by atoms with Crippen LogP contribution in [0.1, 0.15) is 88.0 Å². The fraction of sp³-hybridized carbons (Fsp3) is 1.00. The van der Waals surface area contributed by atoms with Crippen molar-refractivity contribution in [3.05, 3.63) is 0 Å². The SMILES string of the molecule is CCC(CC)CCC(C)C(C)C(C)C(C)C(C)C(C)C. The standard InChI is InChI=1S/C20H42/c1-10-20(11-2)13-12-15(5)17(7)19(9)18(8)16(6)14(3)4/h14-20H,10-13H2,1-9H3. The van der Waals surface area contributed by atoms with Crippen LogP contribution in [-0.4, -0.2) is 0 Å². The second kappa shape index (κ2) is 9.85. The molecule has 0 aromatic carbocycles. The molecule has 0 radical (unpaired) electrons. The van der Waals surface area contributed by atoms with Gasteiger partial charge in [-0.25, -0.2) is 0 Å². The highest BCUT2D eigenvalue weighted by Gasteiger charge is 2.28. The van der Waals surface area contributed by atoms with Gasteiger partial charge in [0.1, 0.15) is 0 Å². The van der Waals surface area contributed by atoms with Gasteiger partial charge < -0.3 is 0 Å². The molecule has 5 atom stereocenters. The molecule has 0 bridgehead atoms. The average Bonchev–Trinajstić information content (AvgIpc) is 2.44. The van der Waals surface area contributed by atoms with Crippen molar-refractivity contribution in [1.82, 2.24) is 0 Å². The topological polar surface area (TPSA) is 0 Å². The molecular weight excluding hydrogens is 240 g/mol. The fourth-order valence-corrected chi connectivity index (χ4v) is 3.54. The fourth-order valence-electron chi connectivity index (χ4n) is 3.54. The van der Waals surface area contributed by atoms with Gasteiger partial charge in [0.05, 0.1) is 0 Å². The predicted molar refractivity (Wildman–Crippen MR) is 94.0 cm³/mol. The maximum Gasteiger partial charge on any atom is -0.0386 e. The summed E-state index contributed by atoms with van der Waals surface area (Å²) in [6.07, 6.45) is 5.56. The van der Waals surface area contributed by atoms with Gasteiger partial charge in [0.2, 0.25) is 0 Å². The highest BCUT2D eigenvalue weighted by molar-refractivity contribution is 4.77. The molecular formula is C20H42. The number of rotatable bonds is 10. The number of hydrogen-bond donors (Lipinski definition) is 0. The highest BCUT2D eigenvalue weighted by Crippen LogP contribution is 2.36. The van der Waals surface area contributed by atoms with Gasteiger partial charge >= 0.3 is 0 Å². The van der Waals surface area contributed by atoms with Crippen LogP contribution in [0, 0.1) is 41.4 Å². The minimum atomic E-state index is 0.805. The molecule has 0 nitrogen and oxygen atoms in total. The lowest BCUT2D eigenvalue weighted by Crippen LogP contribution is -2.28. The van der Waals surface area contributed by atoms with Gasteiger partial charge in [-0.2, -0.15) is 0 Å². The van der Waals surface area contributed by atoms with Crippen molar-refractivity contribution in [3.8, 4) is 0 Å². The van der Waals surface area contributed by atoms with E-state index in [9.17, 15) is 0 Å². The van der Waals surface area contributed by atoms with E-state index >= 15 is 0 Å². The average molecular weight is 283 g/mol. The minimum Gasteiger partial charge on any atom is -0.0651 e. The summed E-state index contributed by atoms with van der Waals surface area (Å²) >= 11 is 0. The van der Waals surface area contributed by atoms with E-state index in [0.717, 1.165) is 41.4 Å². The Hall–Kier alpha value is 0. The maximum absolute atomic E-state index is 2.49. The van der Waals surface area contributed by atoms with Crippen molar-refractivity contribution in [3.63, 3.8) is 0 Å². The summed E-state index contributed by atoms with van der Waals surface area (Å²) in [5, 5.41) is 0. The molecule has 0 aliphatic rings. The van der Waals surface area contributed by atoms with E-state index in [4.69, 9.17) is 0 Å². The first-order valence-corrected chi connectivity index (χ1v) is 9.26. The van der Waals surface area contributed by atoms with Gasteiger partial charge in [0, 0.05) is 0 Å². The smallest absolute Gasteiger partial charge is 0.0386 e. The Bertz CT molecular complexity index is 226. The van der Waals surface area contributed by atoms with Crippen molar-refractivity contribution < 1.29 is 0 Å². The summed E-state index contributed by atoms with van der Waals surface area (Å²) in [6.45, 7) is 21.8. The third kappa shape index (κ3) is 6.19. The number of hydrogen-bond acceptors (Lipinski definition) is 0. The lowest BCUT2D eigenvalue weighted by molar-refractivity contribution is 0.137. The van der Waals surface area contributed by atoms with E-state index < -0.39 is 0 Å². The third-order valence-corrected chi connectivity index (χ3v) is 6.62. The molecule has 0 rings (SSSR count). The van der Waals surface area contributed by atoms with Crippen LogP contribution in [0.5, 0.6) is 0 Å². The maximum atomic E-state index is 2.49. The molecule has 0 saturated carbocycles. The van der Waals surface area contributed by atoms with Crippen molar-refractivity contribution in [2.75, 3.05) is 0 Å². The highest BCUT2D eigenvalue weighted by atomic mass is 14.3. The third-order valence-electron chi connectivity index (χ3n) is 6.62. The molecule has 0 aliphatic heterocycles. The molecule has 0 amide bonds. The summed E-state index contributed by atoms with van der Waals surface area (Å²) in [6, 6.07) is 0. The molecule has 0 spiro atoms. The Morgan fingerprint density at radius 3 is 1.40 bits per heavy atom. The van der Waals surface area contributed by atoms with Crippen LogP contribution in [0.4, 0.5) is 0 Å². The van der Waals surface area contributed by atoms with Crippen LogP contribution in [0.15, 0.2) is 0 Å². The second-order valence-electron chi connectivity index (χ2n) is 7.92. The van der Waals surface area contributed by atoms with E-state index in [0.29, 0.717) is 0 Å². The van der Waals surface area contributed by atoms with E-state index in [1.54, 1.807) is 0 Å². The molecule has 0 aromatic heterocycles. The lowest BCUT2D eigenvalue weighted by Gasteiger charge is -2.35. The van der Waals surface area contributed by atoms with Crippen molar-refractivity contribution in [1.29, 1.82) is 0 Å². The zero-order valence-corrected chi connectivity index (χ0v) is 15.9. The van der Waals surface area contributed by atoms with Gasteiger partial charge in [0.25, 0.3) is 0 Å². The van der Waals surface area contributed by atoms with Crippen LogP contribution in [0.3, 0.4) is 0 Å². The van der Waals surface area contributed by atoms with E-state index in [-0.39, 0.29) is 0 Å². The van der Waals surface area contributed by atoms with E-state index in [2.05, 4.69) is 62.3 Å². The molecule has 0 aromatic rings. The Morgan fingerprint density at radius 1 is 0.550 bits per heavy atom. The quantitative estimate of drug-likeness (QED) is 0.403. The Balaban J connectivity index is 4.37. The Morgan fingerprint density at radius 2 is 1.00 bits per heavy atom. The zero-order valence-electron chi connectivity index (χ0n) is 15.9. The van der Waals surface area contributed by atoms with Crippen molar-refractivity contribution >= 4 is 0 Å². The minimum absolute atomic E-state index is 0.805. The normalized spacial score (nSPS) is 19.9. The first-order valence-electron chi connectivity index (χ1n) is 9.26. The molecule has 0 heteroatoms. The zero-order chi connectivity index (χ0) is 15.9. The van der Waals surface area contributed by atoms with Crippen LogP contribution in [-0.2, 0) is 0 Å². The summed E-state index contributed by atoms with van der Waals surface area (Å²) in [4.78, 5) is 0. The van der Waals surface area contributed by atoms with Crippen molar-refractivity contribution in [2.24, 2.45) is 41.4 Å². The summed E-state index contributed by atoms with van der Waals surface area (Å²) in [7, 11) is 0. The van der Waals surface area contributed by atoms with Gasteiger partial charge in [-0.15, -0.1) is 0 Å². The van der Waals surface area contributed by atoms with E-state index in [1.165, 1.54) is 25.7 Å². The molecule has 122 valence electrons. The first-order chi connectivity index (χ1) is 9.26. The molecule has 0 aliphatic carbocycles. The first kappa shape index (κ1) is 20.0. The summed E-state index contributed by atoms with van der Waals surface area (Å²) in [5.41, 5.74) is 0. The Kier molecular flexibility index (Phi) is 9.85. The monoisotopic (exact) mass is 282 g/mol. The van der Waals surface area contributed by atoms with Gasteiger partial charge in [-0.05, 0) is 41.4 Å². The Labute approximate surface area is 130 Å².